The Hall–Kier alpha value is -2.73. The fourth-order valence-corrected chi connectivity index (χ4v) is 2.73. The fourth-order valence-electron chi connectivity index (χ4n) is 2.03. The number of thiazole rings is 1. The Morgan fingerprint density at radius 1 is 1.36 bits per heavy atom. The van der Waals surface area contributed by atoms with Crippen LogP contribution in [-0.4, -0.2) is 21.1 Å². The molecule has 5 nitrogen and oxygen atoms in total. The number of Topliss-reactive ketones (excluding diaryl/α,β-unsaturated/α-hetero) is 1. The molecule has 0 aliphatic carbocycles. The van der Waals surface area contributed by atoms with E-state index in [0.29, 0.717) is 11.3 Å². The molecule has 3 rings (SSSR count). The Bertz CT molecular complexity index is 876. The van der Waals surface area contributed by atoms with Crippen LogP contribution in [0, 0.1) is 0 Å². The van der Waals surface area contributed by atoms with E-state index < -0.39 is 0 Å². The summed E-state index contributed by atoms with van der Waals surface area (Å²) in [5, 5.41) is 4.67. The number of aromatic nitrogens is 2. The zero-order chi connectivity index (χ0) is 15.5. The van der Waals surface area contributed by atoms with Crippen LogP contribution in [0.5, 0.6) is 0 Å². The average molecular weight is 311 g/mol. The van der Waals surface area contributed by atoms with E-state index in [1.54, 1.807) is 36.5 Å². The molecule has 2 aromatic heterocycles. The summed E-state index contributed by atoms with van der Waals surface area (Å²) in [5.41, 5.74) is 2.00. The third kappa shape index (κ3) is 2.96. The summed E-state index contributed by atoms with van der Waals surface area (Å²) in [6.07, 6.45) is 6.77. The molecule has 1 aromatic carbocycles. The van der Waals surface area contributed by atoms with Gasteiger partial charge in [-0.3, -0.25) is 14.0 Å². The number of anilines is 1. The van der Waals surface area contributed by atoms with Crippen LogP contribution in [-0.2, 0) is 4.79 Å². The van der Waals surface area contributed by atoms with Gasteiger partial charge in [0.1, 0.15) is 0 Å². The molecule has 6 heteroatoms. The number of carbonyl (C=O) groups is 2. The number of amides is 1. The lowest BCUT2D eigenvalue weighted by Crippen LogP contribution is -2.08. The Kier molecular flexibility index (Phi) is 3.84. The fraction of sp³-hybridized carbons (Fsp3) is 0.0625. The highest BCUT2D eigenvalue weighted by atomic mass is 32.1. The molecule has 0 fully saturated rings. The molecule has 22 heavy (non-hydrogen) atoms. The van der Waals surface area contributed by atoms with Crippen LogP contribution >= 0.6 is 11.3 Å². The van der Waals surface area contributed by atoms with E-state index in [1.807, 2.05) is 16.0 Å². The molecule has 0 radical (unpaired) electrons. The highest BCUT2D eigenvalue weighted by Crippen LogP contribution is 2.14. The van der Waals surface area contributed by atoms with Crippen molar-refractivity contribution in [3.05, 3.63) is 59.4 Å². The molecule has 0 aliphatic heterocycles. The van der Waals surface area contributed by atoms with Gasteiger partial charge in [0, 0.05) is 28.9 Å². The van der Waals surface area contributed by atoms with Crippen molar-refractivity contribution in [2.24, 2.45) is 0 Å². The maximum Gasteiger partial charge on any atom is 0.248 e. The normalized spacial score (nSPS) is 11.1. The number of hydrogen-bond acceptors (Lipinski definition) is 4. The number of imidazole rings is 1. The second-order valence-electron chi connectivity index (χ2n) is 4.70. The van der Waals surface area contributed by atoms with Crippen LogP contribution in [0.2, 0.25) is 0 Å². The second kappa shape index (κ2) is 5.95. The molecule has 0 spiro atoms. The zero-order valence-corrected chi connectivity index (χ0v) is 12.6. The van der Waals surface area contributed by atoms with Crippen LogP contribution in [0.15, 0.2) is 48.1 Å². The Balaban J connectivity index is 1.72. The standard InChI is InChI=1S/C16H13N3O2S/c1-11(20)12-3-2-4-13(9-12)18-15(21)6-5-14-10-17-16-19(14)7-8-22-16/h2-10H,1H3,(H,18,21)/b6-5+. The van der Waals surface area contributed by atoms with E-state index in [-0.39, 0.29) is 11.7 Å². The minimum absolute atomic E-state index is 0.0363. The van der Waals surface area contributed by atoms with Crippen molar-refractivity contribution in [2.75, 3.05) is 5.32 Å². The van der Waals surface area contributed by atoms with E-state index in [4.69, 9.17) is 0 Å². The first kappa shape index (κ1) is 14.2. The Morgan fingerprint density at radius 2 is 2.23 bits per heavy atom. The number of carbonyl (C=O) groups excluding carboxylic acids is 2. The summed E-state index contributed by atoms with van der Waals surface area (Å²) in [4.78, 5) is 28.4. The van der Waals surface area contributed by atoms with Crippen LogP contribution < -0.4 is 5.32 Å². The molecule has 2 heterocycles. The number of hydrogen-bond donors (Lipinski definition) is 1. The molecule has 0 aliphatic rings. The van der Waals surface area contributed by atoms with Gasteiger partial charge in [-0.05, 0) is 25.1 Å². The van der Waals surface area contributed by atoms with Gasteiger partial charge < -0.3 is 5.32 Å². The summed E-state index contributed by atoms with van der Waals surface area (Å²) < 4.78 is 1.91. The summed E-state index contributed by atoms with van der Waals surface area (Å²) in [5.74, 6) is -0.295. The van der Waals surface area contributed by atoms with Gasteiger partial charge >= 0.3 is 0 Å². The first-order chi connectivity index (χ1) is 10.6. The molecule has 0 saturated heterocycles. The molecule has 1 amide bonds. The first-order valence-electron chi connectivity index (χ1n) is 6.64. The maximum absolute atomic E-state index is 12.0. The van der Waals surface area contributed by atoms with Crippen molar-refractivity contribution in [3.8, 4) is 0 Å². The predicted molar refractivity (Wildman–Crippen MR) is 87.2 cm³/mol. The Morgan fingerprint density at radius 3 is 3.05 bits per heavy atom. The van der Waals surface area contributed by atoms with Crippen LogP contribution in [0.3, 0.4) is 0 Å². The topological polar surface area (TPSA) is 63.5 Å². The second-order valence-corrected chi connectivity index (χ2v) is 5.57. The maximum atomic E-state index is 12.0. The lowest BCUT2D eigenvalue weighted by atomic mass is 10.1. The van der Waals surface area contributed by atoms with Gasteiger partial charge in [-0.15, -0.1) is 11.3 Å². The largest absolute Gasteiger partial charge is 0.322 e. The van der Waals surface area contributed by atoms with Crippen LogP contribution in [0.4, 0.5) is 5.69 Å². The number of rotatable bonds is 4. The van der Waals surface area contributed by atoms with Crippen molar-refractivity contribution in [3.63, 3.8) is 0 Å². The molecule has 0 atom stereocenters. The van der Waals surface area contributed by atoms with Gasteiger partial charge in [0.2, 0.25) is 5.91 Å². The van der Waals surface area contributed by atoms with Gasteiger partial charge in [-0.2, -0.15) is 0 Å². The first-order valence-corrected chi connectivity index (χ1v) is 7.52. The van der Waals surface area contributed by atoms with Crippen molar-refractivity contribution in [1.82, 2.24) is 9.38 Å². The number of nitrogens with one attached hydrogen (secondary N) is 1. The van der Waals surface area contributed by atoms with Gasteiger partial charge in [0.05, 0.1) is 11.9 Å². The van der Waals surface area contributed by atoms with Crippen molar-refractivity contribution >= 4 is 39.8 Å². The molecule has 0 saturated carbocycles. The summed E-state index contributed by atoms with van der Waals surface area (Å²) in [6.45, 7) is 1.49. The molecule has 1 N–H and O–H groups in total. The van der Waals surface area contributed by atoms with Crippen molar-refractivity contribution < 1.29 is 9.59 Å². The van der Waals surface area contributed by atoms with Crippen LogP contribution in [0.25, 0.3) is 11.0 Å². The highest BCUT2D eigenvalue weighted by molar-refractivity contribution is 7.15. The highest BCUT2D eigenvalue weighted by Gasteiger charge is 2.04. The molecule has 0 bridgehead atoms. The predicted octanol–water partition coefficient (Wildman–Crippen LogP) is 3.25. The number of benzene rings is 1. The van der Waals surface area contributed by atoms with Gasteiger partial charge in [-0.1, -0.05) is 12.1 Å². The summed E-state index contributed by atoms with van der Waals surface area (Å²) >= 11 is 1.53. The van der Waals surface area contributed by atoms with E-state index in [2.05, 4.69) is 10.3 Å². The number of fused-ring (bicyclic) bond motifs is 1. The molecular weight excluding hydrogens is 298 g/mol. The zero-order valence-electron chi connectivity index (χ0n) is 11.8. The van der Waals surface area contributed by atoms with Crippen molar-refractivity contribution in [2.45, 2.75) is 6.92 Å². The minimum atomic E-state index is -0.258. The van der Waals surface area contributed by atoms with Gasteiger partial charge in [0.15, 0.2) is 10.7 Å². The summed E-state index contributed by atoms with van der Waals surface area (Å²) in [6, 6.07) is 6.85. The lowest BCUT2D eigenvalue weighted by molar-refractivity contribution is -0.111. The van der Waals surface area contributed by atoms with Crippen molar-refractivity contribution in [1.29, 1.82) is 0 Å². The average Bonchev–Trinajstić information content (AvgIpc) is 3.09. The quantitative estimate of drug-likeness (QED) is 0.594. The SMILES string of the molecule is CC(=O)c1cccc(NC(=O)/C=C/c2cnc3sccn23)c1. The molecule has 3 aromatic rings. The minimum Gasteiger partial charge on any atom is -0.322 e. The number of ketones is 1. The van der Waals surface area contributed by atoms with Crippen LogP contribution in [0.1, 0.15) is 23.0 Å². The monoisotopic (exact) mass is 311 g/mol. The smallest absolute Gasteiger partial charge is 0.248 e. The molecule has 110 valence electrons. The Labute approximate surface area is 130 Å². The summed E-state index contributed by atoms with van der Waals surface area (Å²) in [7, 11) is 0. The third-order valence-electron chi connectivity index (χ3n) is 3.12. The van der Waals surface area contributed by atoms with Gasteiger partial charge in [0.25, 0.3) is 0 Å². The van der Waals surface area contributed by atoms with Gasteiger partial charge in [-0.25, -0.2) is 4.98 Å². The molecule has 0 unspecified atom stereocenters. The molecular formula is C16H13N3O2S. The third-order valence-corrected chi connectivity index (χ3v) is 3.89. The van der Waals surface area contributed by atoms with E-state index in [9.17, 15) is 9.59 Å². The number of nitrogens with zero attached hydrogens (tertiary/aromatic N) is 2. The van der Waals surface area contributed by atoms with E-state index >= 15 is 0 Å². The lowest BCUT2D eigenvalue weighted by Gasteiger charge is -2.03. The van der Waals surface area contributed by atoms with E-state index in [1.165, 1.54) is 24.3 Å². The van der Waals surface area contributed by atoms with E-state index in [0.717, 1.165) is 10.7 Å².